The van der Waals surface area contributed by atoms with Gasteiger partial charge in [-0.15, -0.1) is 11.3 Å². The molecule has 9 heteroatoms. The molecule has 0 aliphatic carbocycles. The summed E-state index contributed by atoms with van der Waals surface area (Å²) in [4.78, 5) is 36.7. The summed E-state index contributed by atoms with van der Waals surface area (Å²) in [5.74, 6) is -1.11. The lowest BCUT2D eigenvalue weighted by molar-refractivity contribution is -0.384. The Morgan fingerprint density at radius 2 is 2.00 bits per heavy atom. The normalized spacial score (nSPS) is 10.6. The van der Waals surface area contributed by atoms with Gasteiger partial charge in [0.15, 0.2) is 6.61 Å². The lowest BCUT2D eigenvalue weighted by Gasteiger charge is -2.09. The lowest BCUT2D eigenvalue weighted by atomic mass is 10.1. The minimum absolute atomic E-state index is 0.0108. The van der Waals surface area contributed by atoms with E-state index in [0.717, 1.165) is 17.5 Å². The number of anilines is 1. The van der Waals surface area contributed by atoms with Gasteiger partial charge in [-0.3, -0.25) is 14.9 Å². The molecule has 2 aromatic heterocycles. The predicted molar refractivity (Wildman–Crippen MR) is 115 cm³/mol. The number of nitrogens with one attached hydrogen (secondary N) is 1. The third-order valence-electron chi connectivity index (χ3n) is 4.80. The second kappa shape index (κ2) is 8.91. The third kappa shape index (κ3) is 4.41. The molecule has 3 rings (SSSR count). The number of Topliss-reactive ketones (excluding diaryl/α,β-unsaturated/α-hetero) is 1. The van der Waals surface area contributed by atoms with E-state index < -0.39 is 17.5 Å². The molecule has 156 valence electrons. The van der Waals surface area contributed by atoms with E-state index in [1.807, 2.05) is 35.9 Å². The molecule has 0 aliphatic heterocycles. The maximum Gasteiger partial charge on any atom is 0.338 e. The van der Waals surface area contributed by atoms with E-state index in [-0.39, 0.29) is 22.7 Å². The number of nitrogens with zero attached hydrogens (tertiary/aromatic N) is 2. The first-order valence-electron chi connectivity index (χ1n) is 9.17. The number of ether oxygens (including phenoxy) is 1. The van der Waals surface area contributed by atoms with Gasteiger partial charge in [-0.1, -0.05) is 6.07 Å². The van der Waals surface area contributed by atoms with Gasteiger partial charge in [-0.25, -0.2) is 4.79 Å². The lowest BCUT2D eigenvalue weighted by Crippen LogP contribution is -2.15. The van der Waals surface area contributed by atoms with E-state index >= 15 is 0 Å². The van der Waals surface area contributed by atoms with Crippen LogP contribution in [-0.4, -0.2) is 34.9 Å². The number of hydrogen-bond donors (Lipinski definition) is 1. The topological polar surface area (TPSA) is 103 Å². The highest BCUT2D eigenvalue weighted by molar-refractivity contribution is 7.09. The molecular formula is C21H21N3O5S. The number of nitro benzene ring substituents is 1. The number of benzene rings is 1. The number of rotatable bonds is 8. The Bertz CT molecular complexity index is 1100. The van der Waals surface area contributed by atoms with Crippen LogP contribution < -0.4 is 5.32 Å². The van der Waals surface area contributed by atoms with Crippen molar-refractivity contribution in [2.24, 2.45) is 0 Å². The average molecular weight is 427 g/mol. The molecule has 30 heavy (non-hydrogen) atoms. The van der Waals surface area contributed by atoms with Gasteiger partial charge >= 0.3 is 5.97 Å². The van der Waals surface area contributed by atoms with Crippen molar-refractivity contribution in [3.8, 4) is 0 Å². The second-order valence-electron chi connectivity index (χ2n) is 6.69. The minimum Gasteiger partial charge on any atom is -0.454 e. The zero-order chi connectivity index (χ0) is 21.8. The Hall–Kier alpha value is -3.46. The van der Waals surface area contributed by atoms with Crippen molar-refractivity contribution < 1.29 is 19.2 Å². The van der Waals surface area contributed by atoms with Crippen LogP contribution in [0.25, 0.3) is 0 Å². The summed E-state index contributed by atoms with van der Waals surface area (Å²) in [6.07, 6.45) is 0. The number of hydrogen-bond acceptors (Lipinski definition) is 7. The van der Waals surface area contributed by atoms with Crippen molar-refractivity contribution in [1.82, 2.24) is 4.57 Å². The van der Waals surface area contributed by atoms with Crippen molar-refractivity contribution in [1.29, 1.82) is 0 Å². The van der Waals surface area contributed by atoms with Crippen LogP contribution in [0, 0.1) is 24.0 Å². The maximum absolute atomic E-state index is 12.6. The summed E-state index contributed by atoms with van der Waals surface area (Å²) in [7, 11) is 1.55. The van der Waals surface area contributed by atoms with E-state index in [4.69, 9.17) is 4.74 Å². The van der Waals surface area contributed by atoms with E-state index in [9.17, 15) is 19.7 Å². The summed E-state index contributed by atoms with van der Waals surface area (Å²) >= 11 is 1.64. The van der Waals surface area contributed by atoms with E-state index in [1.165, 1.54) is 17.0 Å². The molecule has 3 aromatic rings. The largest absolute Gasteiger partial charge is 0.454 e. The molecule has 0 atom stereocenters. The van der Waals surface area contributed by atoms with Crippen molar-refractivity contribution in [2.75, 3.05) is 19.0 Å². The van der Waals surface area contributed by atoms with Crippen LogP contribution in [0.5, 0.6) is 0 Å². The average Bonchev–Trinajstić information content (AvgIpc) is 3.35. The predicted octanol–water partition coefficient (Wildman–Crippen LogP) is 4.20. The number of ketones is 1. The first kappa shape index (κ1) is 21.3. The molecule has 0 bridgehead atoms. The number of carbonyl (C=O) groups is 2. The Balaban J connectivity index is 1.71. The van der Waals surface area contributed by atoms with Crippen LogP contribution in [0.15, 0.2) is 41.8 Å². The number of aryl methyl sites for hydroxylation is 1. The SMILES string of the molecule is CNc1ccc(C(=O)OCC(=O)c2cc(C)n(Cc3cccs3)c2C)cc1[N+](=O)[O-]. The zero-order valence-corrected chi connectivity index (χ0v) is 17.6. The van der Waals surface area contributed by atoms with Gasteiger partial charge in [-0.2, -0.15) is 0 Å². The molecule has 0 saturated heterocycles. The minimum atomic E-state index is -0.790. The highest BCUT2D eigenvalue weighted by atomic mass is 32.1. The fourth-order valence-electron chi connectivity index (χ4n) is 3.20. The summed E-state index contributed by atoms with van der Waals surface area (Å²) in [6.45, 7) is 4.01. The van der Waals surface area contributed by atoms with Crippen molar-refractivity contribution >= 4 is 34.5 Å². The molecule has 0 fully saturated rings. The van der Waals surface area contributed by atoms with Crippen molar-refractivity contribution in [3.05, 3.63) is 79.3 Å². The summed E-state index contributed by atoms with van der Waals surface area (Å²) < 4.78 is 7.17. The number of esters is 1. The van der Waals surface area contributed by atoms with Crippen LogP contribution in [0.3, 0.4) is 0 Å². The highest BCUT2D eigenvalue weighted by Gasteiger charge is 2.20. The van der Waals surface area contributed by atoms with Crippen molar-refractivity contribution in [2.45, 2.75) is 20.4 Å². The monoisotopic (exact) mass is 427 g/mol. The van der Waals surface area contributed by atoms with Crippen molar-refractivity contribution in [3.63, 3.8) is 0 Å². The first-order chi connectivity index (χ1) is 14.3. The molecule has 0 spiro atoms. The number of nitro groups is 1. The maximum atomic E-state index is 12.6. The molecule has 1 N–H and O–H groups in total. The number of aromatic nitrogens is 1. The first-order valence-corrected chi connectivity index (χ1v) is 10.1. The number of carbonyl (C=O) groups excluding carboxylic acids is 2. The van der Waals surface area contributed by atoms with Gasteiger partial charge in [0.1, 0.15) is 5.69 Å². The summed E-state index contributed by atoms with van der Waals surface area (Å²) in [6, 6.07) is 9.77. The standard InChI is InChI=1S/C21H21N3O5S/c1-13-9-17(14(2)23(13)11-16-5-4-8-30-16)20(25)12-29-21(26)15-6-7-18(22-3)19(10-15)24(27)28/h4-10,22H,11-12H2,1-3H3. The Kier molecular flexibility index (Phi) is 6.31. The Morgan fingerprint density at radius 1 is 1.23 bits per heavy atom. The molecule has 0 amide bonds. The molecule has 0 aliphatic rings. The molecule has 1 aromatic carbocycles. The Morgan fingerprint density at radius 3 is 2.63 bits per heavy atom. The summed E-state index contributed by atoms with van der Waals surface area (Å²) in [5.41, 5.74) is 2.29. The van der Waals surface area contributed by atoms with Crippen LogP contribution in [0.2, 0.25) is 0 Å². The highest BCUT2D eigenvalue weighted by Crippen LogP contribution is 2.25. The Labute approximate surface area is 177 Å². The van der Waals surface area contributed by atoms with Gasteiger partial charge in [0.25, 0.3) is 5.69 Å². The smallest absolute Gasteiger partial charge is 0.338 e. The number of thiophene rings is 1. The third-order valence-corrected chi connectivity index (χ3v) is 5.66. The molecular weight excluding hydrogens is 406 g/mol. The van der Waals surface area contributed by atoms with Crippen LogP contribution >= 0.6 is 11.3 Å². The molecule has 0 radical (unpaired) electrons. The second-order valence-corrected chi connectivity index (χ2v) is 7.72. The fraction of sp³-hybridized carbons (Fsp3) is 0.238. The van der Waals surface area contributed by atoms with Gasteiger partial charge in [0.05, 0.1) is 17.0 Å². The van der Waals surface area contributed by atoms with Crippen LogP contribution in [-0.2, 0) is 11.3 Å². The van der Waals surface area contributed by atoms with Crippen LogP contribution in [0.4, 0.5) is 11.4 Å². The summed E-state index contributed by atoms with van der Waals surface area (Å²) in [5, 5.41) is 15.8. The van der Waals surface area contributed by atoms with Gasteiger partial charge in [0.2, 0.25) is 5.78 Å². The molecule has 2 heterocycles. The fourth-order valence-corrected chi connectivity index (χ4v) is 3.89. The van der Waals surface area contributed by atoms with Gasteiger partial charge < -0.3 is 14.6 Å². The quantitative estimate of drug-likeness (QED) is 0.250. The molecule has 0 saturated carbocycles. The van der Waals surface area contributed by atoms with E-state index in [0.29, 0.717) is 12.1 Å². The van der Waals surface area contributed by atoms with E-state index in [1.54, 1.807) is 24.5 Å². The molecule has 0 unspecified atom stereocenters. The van der Waals surface area contributed by atoms with Gasteiger partial charge in [-0.05, 0) is 43.5 Å². The zero-order valence-electron chi connectivity index (χ0n) is 16.8. The van der Waals surface area contributed by atoms with E-state index in [2.05, 4.69) is 5.32 Å². The van der Waals surface area contributed by atoms with Crippen LogP contribution in [0.1, 0.15) is 37.0 Å². The molecule has 8 nitrogen and oxygen atoms in total. The van der Waals surface area contributed by atoms with Gasteiger partial charge in [0, 0.05) is 34.9 Å².